The maximum atomic E-state index is 3.98. The number of aromatic nitrogens is 4. The van der Waals surface area contributed by atoms with Crippen LogP contribution in [-0.2, 0) is 6.42 Å². The molecule has 0 spiro atoms. The molecular weight excluding hydrogens is 320 g/mol. The lowest BCUT2D eigenvalue weighted by Crippen LogP contribution is -1.89. The zero-order valence-corrected chi connectivity index (χ0v) is 16.6. The van der Waals surface area contributed by atoms with Crippen molar-refractivity contribution in [2.24, 2.45) is 0 Å². The van der Waals surface area contributed by atoms with Gasteiger partial charge in [-0.25, -0.2) is 5.10 Å². The fourth-order valence-corrected chi connectivity index (χ4v) is 3.50. The van der Waals surface area contributed by atoms with E-state index in [1.54, 1.807) is 0 Å². The van der Waals surface area contributed by atoms with Crippen molar-refractivity contribution in [3.8, 4) is 11.4 Å². The van der Waals surface area contributed by atoms with E-state index in [2.05, 4.69) is 51.8 Å². The lowest BCUT2D eigenvalue weighted by Gasteiger charge is -2.04. The van der Waals surface area contributed by atoms with Crippen LogP contribution in [0.1, 0.15) is 96.0 Å². The summed E-state index contributed by atoms with van der Waals surface area (Å²) in [6, 6.07) is 8.54. The Labute approximate surface area is 159 Å². The van der Waals surface area contributed by atoms with Gasteiger partial charge in [0.05, 0.1) is 0 Å². The number of H-pyrrole nitrogens is 1. The molecular formula is C22H36N4. The zero-order chi connectivity index (χ0) is 18.3. The summed E-state index contributed by atoms with van der Waals surface area (Å²) in [4.78, 5) is 0. The van der Waals surface area contributed by atoms with Crippen molar-refractivity contribution in [3.63, 3.8) is 0 Å². The van der Waals surface area contributed by atoms with Gasteiger partial charge in [-0.2, -0.15) is 0 Å². The first-order chi connectivity index (χ1) is 12.9. The minimum Gasteiger partial charge on any atom is -0.239 e. The summed E-state index contributed by atoms with van der Waals surface area (Å²) in [5, 5.41) is 14.1. The highest BCUT2D eigenvalue weighted by Gasteiger charge is 2.02. The van der Waals surface area contributed by atoms with Crippen LogP contribution in [0.5, 0.6) is 0 Å². The molecule has 1 heterocycles. The van der Waals surface area contributed by atoms with Crippen LogP contribution in [0.15, 0.2) is 24.3 Å². The van der Waals surface area contributed by atoms with Crippen LogP contribution in [0.25, 0.3) is 11.4 Å². The summed E-state index contributed by atoms with van der Waals surface area (Å²) in [5.41, 5.74) is 2.45. The van der Waals surface area contributed by atoms with Gasteiger partial charge in [0.25, 0.3) is 0 Å². The highest BCUT2D eigenvalue weighted by atomic mass is 15.5. The second-order valence-electron chi connectivity index (χ2n) is 7.44. The molecule has 1 aromatic heterocycles. The monoisotopic (exact) mass is 356 g/mol. The quantitative estimate of drug-likeness (QED) is 0.370. The Balaban J connectivity index is 1.44. The summed E-state index contributed by atoms with van der Waals surface area (Å²) in [5.74, 6) is 0.747. The average molecular weight is 357 g/mol. The molecule has 4 nitrogen and oxygen atoms in total. The van der Waals surface area contributed by atoms with Crippen LogP contribution < -0.4 is 0 Å². The summed E-state index contributed by atoms with van der Waals surface area (Å²) in [6.07, 6.45) is 19.4. The van der Waals surface area contributed by atoms with Crippen LogP contribution in [-0.4, -0.2) is 20.6 Å². The highest BCUT2D eigenvalue weighted by Crippen LogP contribution is 2.17. The lowest BCUT2D eigenvalue weighted by molar-refractivity contribution is 0.539. The molecule has 0 unspecified atom stereocenters. The topological polar surface area (TPSA) is 54.5 Å². The summed E-state index contributed by atoms with van der Waals surface area (Å²) in [6.45, 7) is 2.29. The Morgan fingerprint density at radius 2 is 1.38 bits per heavy atom. The molecule has 0 radical (unpaired) electrons. The fourth-order valence-electron chi connectivity index (χ4n) is 3.50. The number of hydrogen-bond acceptors (Lipinski definition) is 3. The molecule has 144 valence electrons. The predicted octanol–water partition coefficient (Wildman–Crippen LogP) is 6.50. The van der Waals surface area contributed by atoms with Crippen LogP contribution in [0.2, 0.25) is 0 Å². The zero-order valence-electron chi connectivity index (χ0n) is 16.6. The van der Waals surface area contributed by atoms with Gasteiger partial charge in [-0.05, 0) is 34.9 Å². The van der Waals surface area contributed by atoms with Crippen molar-refractivity contribution in [2.75, 3.05) is 0 Å². The van der Waals surface area contributed by atoms with Gasteiger partial charge >= 0.3 is 0 Å². The second-order valence-corrected chi connectivity index (χ2v) is 7.44. The molecule has 0 atom stereocenters. The van der Waals surface area contributed by atoms with E-state index < -0.39 is 0 Å². The van der Waals surface area contributed by atoms with E-state index in [0.29, 0.717) is 0 Å². The average Bonchev–Trinajstić information content (AvgIpc) is 3.21. The van der Waals surface area contributed by atoms with Gasteiger partial charge in [-0.15, -0.1) is 5.10 Å². The first kappa shape index (κ1) is 20.6. The maximum absolute atomic E-state index is 3.98. The van der Waals surface area contributed by atoms with E-state index >= 15 is 0 Å². The summed E-state index contributed by atoms with van der Waals surface area (Å²) >= 11 is 0. The fraction of sp³-hybridized carbons (Fsp3) is 0.682. The number of aryl methyl sites for hydroxylation is 1. The molecule has 0 saturated heterocycles. The van der Waals surface area contributed by atoms with E-state index in [4.69, 9.17) is 0 Å². The van der Waals surface area contributed by atoms with Crippen molar-refractivity contribution in [3.05, 3.63) is 29.8 Å². The Morgan fingerprint density at radius 1 is 0.769 bits per heavy atom. The smallest absolute Gasteiger partial charge is 0.179 e. The van der Waals surface area contributed by atoms with Crippen molar-refractivity contribution in [1.82, 2.24) is 20.6 Å². The van der Waals surface area contributed by atoms with Gasteiger partial charge in [0, 0.05) is 5.56 Å². The van der Waals surface area contributed by atoms with E-state index in [9.17, 15) is 0 Å². The van der Waals surface area contributed by atoms with Crippen molar-refractivity contribution in [2.45, 2.75) is 96.8 Å². The van der Waals surface area contributed by atoms with Crippen molar-refractivity contribution < 1.29 is 0 Å². The Morgan fingerprint density at radius 3 is 1.96 bits per heavy atom. The van der Waals surface area contributed by atoms with Crippen LogP contribution in [0.3, 0.4) is 0 Å². The first-order valence-corrected chi connectivity index (χ1v) is 10.7. The molecule has 0 bridgehead atoms. The van der Waals surface area contributed by atoms with Gasteiger partial charge in [0.1, 0.15) is 0 Å². The molecule has 0 aliphatic rings. The molecule has 1 aromatic carbocycles. The summed E-state index contributed by atoms with van der Waals surface area (Å²) < 4.78 is 0. The van der Waals surface area contributed by atoms with E-state index in [-0.39, 0.29) is 0 Å². The molecule has 26 heavy (non-hydrogen) atoms. The number of tetrazole rings is 1. The maximum Gasteiger partial charge on any atom is 0.179 e. The van der Waals surface area contributed by atoms with Gasteiger partial charge in [0.2, 0.25) is 0 Å². The predicted molar refractivity (Wildman–Crippen MR) is 109 cm³/mol. The van der Waals surface area contributed by atoms with E-state index in [0.717, 1.165) is 17.8 Å². The Kier molecular flexibility index (Phi) is 10.7. The number of benzene rings is 1. The number of hydrogen-bond donors (Lipinski definition) is 1. The molecule has 0 aliphatic carbocycles. The SMILES string of the molecule is CCCCCCCCCCCCCCCc1cccc(-c2nnn[nH]2)c1. The van der Waals surface area contributed by atoms with Crippen molar-refractivity contribution in [1.29, 1.82) is 0 Å². The lowest BCUT2D eigenvalue weighted by atomic mass is 10.0. The number of rotatable bonds is 15. The molecule has 0 aliphatic heterocycles. The Hall–Kier alpha value is -1.71. The molecule has 4 heteroatoms. The normalized spacial score (nSPS) is 11.1. The molecule has 1 N–H and O–H groups in total. The molecule has 0 fully saturated rings. The minimum atomic E-state index is 0.747. The van der Waals surface area contributed by atoms with Crippen LogP contribution >= 0.6 is 0 Å². The van der Waals surface area contributed by atoms with Crippen LogP contribution in [0, 0.1) is 0 Å². The largest absolute Gasteiger partial charge is 0.239 e. The molecule has 0 saturated carbocycles. The highest BCUT2D eigenvalue weighted by molar-refractivity contribution is 5.54. The van der Waals surface area contributed by atoms with Gasteiger partial charge < -0.3 is 0 Å². The van der Waals surface area contributed by atoms with E-state index in [1.807, 2.05) is 0 Å². The van der Waals surface area contributed by atoms with E-state index in [1.165, 1.54) is 89.0 Å². The van der Waals surface area contributed by atoms with Gasteiger partial charge in [0.15, 0.2) is 5.82 Å². The number of nitrogens with zero attached hydrogens (tertiary/aromatic N) is 3. The molecule has 0 amide bonds. The molecule has 2 rings (SSSR count). The second kappa shape index (κ2) is 13.5. The third kappa shape index (κ3) is 8.59. The van der Waals surface area contributed by atoms with Crippen LogP contribution in [0.4, 0.5) is 0 Å². The molecule has 2 aromatic rings. The van der Waals surface area contributed by atoms with Gasteiger partial charge in [-0.1, -0.05) is 102 Å². The first-order valence-electron chi connectivity index (χ1n) is 10.7. The van der Waals surface area contributed by atoms with Crippen molar-refractivity contribution >= 4 is 0 Å². The third-order valence-electron chi connectivity index (χ3n) is 5.11. The summed E-state index contributed by atoms with van der Waals surface area (Å²) in [7, 11) is 0. The number of nitrogens with one attached hydrogen (secondary N) is 1. The third-order valence-corrected chi connectivity index (χ3v) is 5.11. The number of aromatic amines is 1. The van der Waals surface area contributed by atoms with Gasteiger partial charge in [-0.3, -0.25) is 0 Å². The number of unbranched alkanes of at least 4 members (excludes halogenated alkanes) is 12. The minimum absolute atomic E-state index is 0.747. The Bertz CT molecular complexity index is 565. The standard InChI is InChI=1S/C22H36N4/c1-2-3-4-5-6-7-8-9-10-11-12-13-14-16-20-17-15-18-21(19-20)22-23-25-26-24-22/h15,17-19H,2-14,16H2,1H3,(H,23,24,25,26).